The number of ether oxygens (including phenoxy) is 1. The molecule has 0 aromatic rings. The predicted octanol–water partition coefficient (Wildman–Crippen LogP) is 3.01. The van der Waals surface area contributed by atoms with Gasteiger partial charge in [-0.1, -0.05) is 26.0 Å². The molecular formula is C29H47N3O5. The Morgan fingerprint density at radius 1 is 1.19 bits per heavy atom. The number of aliphatic hydroxyl groups excluding tert-OH is 1. The van der Waals surface area contributed by atoms with E-state index in [4.69, 9.17) is 4.74 Å². The summed E-state index contributed by atoms with van der Waals surface area (Å²) in [4.78, 5) is 47.8. The van der Waals surface area contributed by atoms with Gasteiger partial charge in [-0.2, -0.15) is 0 Å². The predicted molar refractivity (Wildman–Crippen MR) is 144 cm³/mol. The number of hydrogen-bond donors (Lipinski definition) is 1. The number of amides is 3. The third-order valence-electron chi connectivity index (χ3n) is 8.66. The maximum Gasteiger partial charge on any atom is 0.249 e. The van der Waals surface area contributed by atoms with Crippen LogP contribution in [0.1, 0.15) is 67.2 Å². The fraction of sp³-hybridized carbons (Fsp3) is 0.759. The van der Waals surface area contributed by atoms with Crippen LogP contribution in [0.4, 0.5) is 0 Å². The maximum atomic E-state index is 14.4. The maximum absolute atomic E-state index is 14.4. The molecule has 37 heavy (non-hydrogen) atoms. The first-order chi connectivity index (χ1) is 17.3. The molecule has 3 aliphatic heterocycles. The zero-order valence-electron chi connectivity index (χ0n) is 23.7. The second kappa shape index (κ2) is 10.9. The van der Waals surface area contributed by atoms with Crippen LogP contribution in [0, 0.1) is 17.8 Å². The van der Waals surface area contributed by atoms with Crippen molar-refractivity contribution in [3.05, 3.63) is 25.3 Å². The molecule has 3 aliphatic rings. The van der Waals surface area contributed by atoms with Crippen LogP contribution in [0.2, 0.25) is 0 Å². The van der Waals surface area contributed by atoms with Crippen molar-refractivity contribution >= 4 is 17.7 Å². The summed E-state index contributed by atoms with van der Waals surface area (Å²) in [6.07, 6.45) is 5.84. The van der Waals surface area contributed by atoms with Gasteiger partial charge in [0, 0.05) is 38.3 Å². The van der Waals surface area contributed by atoms with E-state index in [9.17, 15) is 19.5 Å². The fourth-order valence-electron chi connectivity index (χ4n) is 6.91. The summed E-state index contributed by atoms with van der Waals surface area (Å²) in [6.45, 7) is 21.3. The minimum Gasteiger partial charge on any atom is -0.396 e. The van der Waals surface area contributed by atoms with Gasteiger partial charge in [0.25, 0.3) is 0 Å². The van der Waals surface area contributed by atoms with Gasteiger partial charge in [-0.25, -0.2) is 0 Å². The van der Waals surface area contributed by atoms with E-state index in [0.29, 0.717) is 45.4 Å². The number of nitrogens with zero attached hydrogens (tertiary/aromatic N) is 3. The molecule has 0 aromatic carbocycles. The van der Waals surface area contributed by atoms with Crippen molar-refractivity contribution in [2.75, 3.05) is 32.8 Å². The van der Waals surface area contributed by atoms with Gasteiger partial charge < -0.3 is 24.5 Å². The number of aliphatic hydroxyl groups is 1. The molecule has 0 radical (unpaired) electrons. The van der Waals surface area contributed by atoms with Gasteiger partial charge in [0.05, 0.1) is 17.4 Å². The van der Waals surface area contributed by atoms with Crippen LogP contribution >= 0.6 is 0 Å². The molecule has 6 atom stereocenters. The van der Waals surface area contributed by atoms with Gasteiger partial charge in [0.1, 0.15) is 11.6 Å². The lowest BCUT2D eigenvalue weighted by Crippen LogP contribution is -2.60. The molecule has 0 aromatic heterocycles. The Bertz CT molecular complexity index is 914. The van der Waals surface area contributed by atoms with Crippen molar-refractivity contribution in [1.29, 1.82) is 0 Å². The summed E-state index contributed by atoms with van der Waals surface area (Å²) in [5.74, 6) is -1.86. The molecule has 3 heterocycles. The van der Waals surface area contributed by atoms with Crippen LogP contribution in [0.3, 0.4) is 0 Å². The molecule has 3 saturated heterocycles. The van der Waals surface area contributed by atoms with Crippen LogP contribution in [0.25, 0.3) is 0 Å². The van der Waals surface area contributed by atoms with Crippen molar-refractivity contribution in [2.45, 2.75) is 90.0 Å². The fourth-order valence-corrected chi connectivity index (χ4v) is 6.91. The van der Waals surface area contributed by atoms with E-state index < -0.39 is 34.6 Å². The minimum atomic E-state index is -1.07. The molecular weight excluding hydrogens is 470 g/mol. The molecule has 208 valence electrons. The second-order valence-corrected chi connectivity index (χ2v) is 12.1. The second-order valence-electron chi connectivity index (χ2n) is 12.1. The van der Waals surface area contributed by atoms with E-state index in [2.05, 4.69) is 20.1 Å². The average molecular weight is 518 g/mol. The van der Waals surface area contributed by atoms with Gasteiger partial charge in [-0.05, 0) is 59.3 Å². The van der Waals surface area contributed by atoms with Crippen molar-refractivity contribution in [1.82, 2.24) is 14.7 Å². The van der Waals surface area contributed by atoms with Crippen LogP contribution in [-0.4, -0.2) is 93.1 Å². The Morgan fingerprint density at radius 3 is 2.38 bits per heavy atom. The first-order valence-corrected chi connectivity index (χ1v) is 13.8. The van der Waals surface area contributed by atoms with Crippen LogP contribution in [0.15, 0.2) is 25.3 Å². The van der Waals surface area contributed by atoms with Gasteiger partial charge in [-0.15, -0.1) is 13.2 Å². The lowest BCUT2D eigenvalue weighted by atomic mass is 9.62. The molecule has 3 fully saturated rings. The standard InChI is InChI=1S/C29H47N3O5/c1-9-14-30(15-10-2)24(34)21-22-25(35)31(17-12-13-18-33)23(26(36)32(16-11-3)27(5,6)7)29(22)19-20(4)28(21,8)37-29/h9,11,20-23,33H,1,3,10,12-19H2,2,4-8H3/t20?,21-,22+,23?,28+,29?/m1/s1. The number of rotatable bonds is 12. The van der Waals surface area contributed by atoms with E-state index in [1.165, 1.54) is 0 Å². The normalized spacial score (nSPS) is 32.4. The molecule has 3 rings (SSSR count). The van der Waals surface area contributed by atoms with Gasteiger partial charge in [0.15, 0.2) is 0 Å². The Labute approximate surface area is 222 Å². The summed E-state index contributed by atoms with van der Waals surface area (Å²) < 4.78 is 6.85. The largest absolute Gasteiger partial charge is 0.396 e. The molecule has 2 bridgehead atoms. The van der Waals surface area contributed by atoms with Crippen molar-refractivity contribution < 1.29 is 24.2 Å². The molecule has 3 amide bonds. The molecule has 0 saturated carbocycles. The molecule has 1 N–H and O–H groups in total. The van der Waals surface area contributed by atoms with Gasteiger partial charge in [0.2, 0.25) is 17.7 Å². The highest BCUT2D eigenvalue weighted by Gasteiger charge is 2.80. The molecule has 3 unspecified atom stereocenters. The topological polar surface area (TPSA) is 90.4 Å². The van der Waals surface area contributed by atoms with E-state index in [-0.39, 0.29) is 30.2 Å². The number of fused-ring (bicyclic) bond motifs is 1. The lowest BCUT2D eigenvalue weighted by Gasteiger charge is -2.42. The van der Waals surface area contributed by atoms with E-state index >= 15 is 0 Å². The number of likely N-dealkylation sites (tertiary alicyclic amines) is 1. The van der Waals surface area contributed by atoms with E-state index in [0.717, 1.165) is 6.42 Å². The Kier molecular flexibility index (Phi) is 8.64. The van der Waals surface area contributed by atoms with Crippen molar-refractivity contribution in [3.63, 3.8) is 0 Å². The molecule has 8 heteroatoms. The summed E-state index contributed by atoms with van der Waals surface area (Å²) in [7, 11) is 0. The third kappa shape index (κ3) is 4.76. The summed E-state index contributed by atoms with van der Waals surface area (Å²) in [5.41, 5.74) is -2.41. The first kappa shape index (κ1) is 29.4. The Balaban J connectivity index is 2.14. The summed E-state index contributed by atoms with van der Waals surface area (Å²) in [5, 5.41) is 9.38. The van der Waals surface area contributed by atoms with Crippen LogP contribution in [0.5, 0.6) is 0 Å². The SMILES string of the molecule is C=CCN(CCC)C(=O)[C@H]1[C@H]2C(=O)N(CCCCO)C(C(=O)N(CC=C)C(C)(C)C)C23CC(C)[C@]1(C)O3. The smallest absolute Gasteiger partial charge is 0.249 e. The van der Waals surface area contributed by atoms with E-state index in [1.54, 1.807) is 26.9 Å². The Hall–Kier alpha value is -2.19. The van der Waals surface area contributed by atoms with Crippen LogP contribution < -0.4 is 0 Å². The highest BCUT2D eigenvalue weighted by atomic mass is 16.5. The lowest BCUT2D eigenvalue weighted by molar-refractivity contribution is -0.157. The molecule has 1 spiro atoms. The highest BCUT2D eigenvalue weighted by molar-refractivity contribution is 5.99. The number of carbonyl (C=O) groups is 3. The monoisotopic (exact) mass is 517 g/mol. The molecule has 8 nitrogen and oxygen atoms in total. The zero-order chi connectivity index (χ0) is 27.8. The number of carbonyl (C=O) groups excluding carboxylic acids is 3. The number of hydrogen-bond acceptors (Lipinski definition) is 5. The van der Waals surface area contributed by atoms with Crippen LogP contribution in [-0.2, 0) is 19.1 Å². The summed E-state index contributed by atoms with van der Waals surface area (Å²) in [6, 6.07) is -0.830. The Morgan fingerprint density at radius 2 is 1.84 bits per heavy atom. The minimum absolute atomic E-state index is 0.00658. The molecule has 0 aliphatic carbocycles. The third-order valence-corrected chi connectivity index (χ3v) is 8.66. The quantitative estimate of drug-likeness (QED) is 0.318. The first-order valence-electron chi connectivity index (χ1n) is 13.8. The van der Waals surface area contributed by atoms with Crippen molar-refractivity contribution in [2.24, 2.45) is 17.8 Å². The highest BCUT2D eigenvalue weighted by Crippen LogP contribution is 2.65. The van der Waals surface area contributed by atoms with E-state index in [1.807, 2.05) is 34.6 Å². The average Bonchev–Trinajstić information content (AvgIpc) is 3.33. The summed E-state index contributed by atoms with van der Waals surface area (Å²) >= 11 is 0. The van der Waals surface area contributed by atoms with Gasteiger partial charge in [-0.3, -0.25) is 14.4 Å². The van der Waals surface area contributed by atoms with Crippen molar-refractivity contribution in [3.8, 4) is 0 Å². The van der Waals surface area contributed by atoms with Gasteiger partial charge >= 0.3 is 0 Å². The number of unbranched alkanes of at least 4 members (excludes halogenated alkanes) is 1. The zero-order valence-corrected chi connectivity index (χ0v) is 23.7.